The van der Waals surface area contributed by atoms with Gasteiger partial charge in [-0.15, -0.1) is 23.1 Å². The number of rotatable bonds is 8. The molecule has 0 spiro atoms. The standard InChI is InChI=1S/C21H20F3NO2S2/c22-21(23,24)15-5-1-6-16(13-15)28-12-4-9-19-18(20(26)27)8-2-10-25(19)14-17-7-3-11-29-17/h1-3,5-8,11,13H,4,9-10,12,14H2,(H,26,27). The minimum Gasteiger partial charge on any atom is -0.478 e. The van der Waals surface area contributed by atoms with E-state index in [9.17, 15) is 23.1 Å². The van der Waals surface area contributed by atoms with Crippen molar-refractivity contribution in [1.82, 2.24) is 4.90 Å². The van der Waals surface area contributed by atoms with E-state index in [0.29, 0.717) is 36.6 Å². The van der Waals surface area contributed by atoms with Crippen molar-refractivity contribution in [2.45, 2.75) is 30.5 Å². The van der Waals surface area contributed by atoms with Crippen LogP contribution in [0.25, 0.3) is 0 Å². The SMILES string of the molecule is O=C(O)C1=C(CCCSc2cccc(C(F)(F)F)c2)N(Cc2cccs2)CC=C1. The molecule has 0 aliphatic carbocycles. The molecule has 0 saturated carbocycles. The van der Waals surface area contributed by atoms with Crippen molar-refractivity contribution in [2.24, 2.45) is 0 Å². The zero-order chi connectivity index (χ0) is 20.9. The van der Waals surface area contributed by atoms with Crippen molar-refractivity contribution in [3.8, 4) is 0 Å². The average molecular weight is 440 g/mol. The predicted molar refractivity (Wildman–Crippen MR) is 110 cm³/mol. The number of aliphatic carboxylic acids is 1. The Morgan fingerprint density at radius 3 is 2.76 bits per heavy atom. The number of allylic oxidation sites excluding steroid dienone is 1. The van der Waals surface area contributed by atoms with Crippen molar-refractivity contribution in [2.75, 3.05) is 12.3 Å². The molecule has 29 heavy (non-hydrogen) atoms. The molecule has 8 heteroatoms. The molecule has 1 aliphatic heterocycles. The number of hydrogen-bond donors (Lipinski definition) is 1. The molecule has 0 fully saturated rings. The number of carbonyl (C=O) groups is 1. The normalized spacial score (nSPS) is 14.5. The zero-order valence-electron chi connectivity index (χ0n) is 15.5. The van der Waals surface area contributed by atoms with Gasteiger partial charge in [0, 0.05) is 22.0 Å². The van der Waals surface area contributed by atoms with Gasteiger partial charge < -0.3 is 10.0 Å². The van der Waals surface area contributed by atoms with Gasteiger partial charge in [-0.25, -0.2) is 4.79 Å². The van der Waals surface area contributed by atoms with Crippen LogP contribution in [0.4, 0.5) is 13.2 Å². The molecular formula is C21H20F3NO2S2. The third-order valence-electron chi connectivity index (χ3n) is 4.45. The maximum Gasteiger partial charge on any atom is 0.416 e. The first-order valence-corrected chi connectivity index (χ1v) is 10.9. The smallest absolute Gasteiger partial charge is 0.416 e. The third-order valence-corrected chi connectivity index (χ3v) is 6.39. The van der Waals surface area contributed by atoms with Gasteiger partial charge in [-0.3, -0.25) is 0 Å². The van der Waals surface area contributed by atoms with E-state index in [1.807, 2.05) is 23.6 Å². The van der Waals surface area contributed by atoms with Crippen molar-refractivity contribution < 1.29 is 23.1 Å². The lowest BCUT2D eigenvalue weighted by atomic mass is 10.0. The number of halogens is 3. The summed E-state index contributed by atoms with van der Waals surface area (Å²) < 4.78 is 38.5. The Balaban J connectivity index is 1.63. The zero-order valence-corrected chi connectivity index (χ0v) is 17.1. The summed E-state index contributed by atoms with van der Waals surface area (Å²) in [5.41, 5.74) is 0.410. The number of nitrogens with zero attached hydrogens (tertiary/aromatic N) is 1. The molecule has 0 saturated heterocycles. The number of hydrogen-bond acceptors (Lipinski definition) is 4. The maximum absolute atomic E-state index is 12.8. The van der Waals surface area contributed by atoms with Gasteiger partial charge in [0.2, 0.25) is 0 Å². The number of thioether (sulfide) groups is 1. The molecule has 1 aromatic carbocycles. The first-order chi connectivity index (χ1) is 13.8. The Hall–Kier alpha value is -2.19. The van der Waals surface area contributed by atoms with Gasteiger partial charge in [0.1, 0.15) is 0 Å². The Bertz CT molecular complexity index is 905. The number of carboxylic acid groups (broad SMARTS) is 1. The fourth-order valence-corrected chi connectivity index (χ4v) is 4.73. The fourth-order valence-electron chi connectivity index (χ4n) is 3.10. The van der Waals surface area contributed by atoms with Crippen LogP contribution in [0.15, 0.2) is 70.1 Å². The minimum atomic E-state index is -4.35. The van der Waals surface area contributed by atoms with Crippen LogP contribution in [0, 0.1) is 0 Å². The molecule has 154 valence electrons. The summed E-state index contributed by atoms with van der Waals surface area (Å²) >= 11 is 2.98. The summed E-state index contributed by atoms with van der Waals surface area (Å²) in [5.74, 6) is -0.355. The maximum atomic E-state index is 12.8. The van der Waals surface area contributed by atoms with Crippen molar-refractivity contribution in [3.05, 3.63) is 75.6 Å². The first kappa shape index (κ1) is 21.5. The molecule has 1 aromatic heterocycles. The van der Waals surface area contributed by atoms with E-state index >= 15 is 0 Å². The van der Waals surface area contributed by atoms with Crippen LogP contribution in [0.3, 0.4) is 0 Å². The van der Waals surface area contributed by atoms with Gasteiger partial charge in [0.15, 0.2) is 0 Å². The lowest BCUT2D eigenvalue weighted by Crippen LogP contribution is -2.28. The monoisotopic (exact) mass is 439 g/mol. The largest absolute Gasteiger partial charge is 0.478 e. The molecule has 0 atom stereocenters. The second-order valence-electron chi connectivity index (χ2n) is 6.51. The lowest BCUT2D eigenvalue weighted by molar-refractivity contribution is -0.137. The Morgan fingerprint density at radius 2 is 2.07 bits per heavy atom. The second-order valence-corrected chi connectivity index (χ2v) is 8.71. The highest BCUT2D eigenvalue weighted by molar-refractivity contribution is 7.99. The second kappa shape index (κ2) is 9.54. The third kappa shape index (κ3) is 5.90. The molecular weight excluding hydrogens is 419 g/mol. The van der Waals surface area contributed by atoms with E-state index in [0.717, 1.165) is 22.7 Å². The molecule has 0 radical (unpaired) electrons. The van der Waals surface area contributed by atoms with Gasteiger partial charge >= 0.3 is 12.1 Å². The van der Waals surface area contributed by atoms with Crippen molar-refractivity contribution >= 4 is 29.1 Å². The number of alkyl halides is 3. The van der Waals surface area contributed by atoms with Crippen LogP contribution < -0.4 is 0 Å². The predicted octanol–water partition coefficient (Wildman–Crippen LogP) is 6.05. The molecule has 0 unspecified atom stereocenters. The van der Waals surface area contributed by atoms with E-state index in [1.54, 1.807) is 23.5 Å². The van der Waals surface area contributed by atoms with E-state index in [1.165, 1.54) is 17.8 Å². The summed E-state index contributed by atoms with van der Waals surface area (Å²) in [6, 6.07) is 9.26. The Kier molecular flexibility index (Phi) is 7.08. The van der Waals surface area contributed by atoms with E-state index in [-0.39, 0.29) is 5.57 Å². The first-order valence-electron chi connectivity index (χ1n) is 9.05. The van der Waals surface area contributed by atoms with Crippen LogP contribution in [0.2, 0.25) is 0 Å². The van der Waals surface area contributed by atoms with Gasteiger partial charge in [-0.1, -0.05) is 18.2 Å². The summed E-state index contributed by atoms with van der Waals surface area (Å²) in [4.78, 5) is 15.4. The van der Waals surface area contributed by atoms with Gasteiger partial charge in [-0.05, 0) is 54.3 Å². The minimum absolute atomic E-state index is 0.289. The molecule has 1 N–H and O–H groups in total. The average Bonchev–Trinajstić information content (AvgIpc) is 3.18. The highest BCUT2D eigenvalue weighted by atomic mass is 32.2. The topological polar surface area (TPSA) is 40.5 Å². The number of benzene rings is 1. The van der Waals surface area contributed by atoms with E-state index < -0.39 is 17.7 Å². The van der Waals surface area contributed by atoms with Crippen LogP contribution in [-0.2, 0) is 17.5 Å². The summed E-state index contributed by atoms with van der Waals surface area (Å²) in [7, 11) is 0. The Morgan fingerprint density at radius 1 is 1.24 bits per heavy atom. The molecule has 3 nitrogen and oxygen atoms in total. The molecule has 0 bridgehead atoms. The van der Waals surface area contributed by atoms with Crippen molar-refractivity contribution in [3.63, 3.8) is 0 Å². The van der Waals surface area contributed by atoms with Gasteiger partial charge in [0.05, 0.1) is 17.7 Å². The molecule has 2 aromatic rings. The molecule has 2 heterocycles. The summed E-state index contributed by atoms with van der Waals surface area (Å²) in [5, 5.41) is 11.5. The number of carboxylic acids is 1. The highest BCUT2D eigenvalue weighted by Crippen LogP contribution is 2.32. The number of thiophene rings is 1. The van der Waals surface area contributed by atoms with Crippen LogP contribution in [0.1, 0.15) is 23.3 Å². The Labute approximate surface area is 175 Å². The van der Waals surface area contributed by atoms with Gasteiger partial charge in [-0.2, -0.15) is 13.2 Å². The van der Waals surface area contributed by atoms with Crippen molar-refractivity contribution in [1.29, 1.82) is 0 Å². The van der Waals surface area contributed by atoms with Crippen LogP contribution >= 0.6 is 23.1 Å². The molecule has 1 aliphatic rings. The van der Waals surface area contributed by atoms with E-state index in [2.05, 4.69) is 4.90 Å². The lowest BCUT2D eigenvalue weighted by Gasteiger charge is -2.30. The van der Waals surface area contributed by atoms with Gasteiger partial charge in [0.25, 0.3) is 0 Å². The fraction of sp³-hybridized carbons (Fsp3) is 0.286. The van der Waals surface area contributed by atoms with Crippen LogP contribution in [0.5, 0.6) is 0 Å². The summed E-state index contributed by atoms with van der Waals surface area (Å²) in [6.07, 6.45) is 0.361. The summed E-state index contributed by atoms with van der Waals surface area (Å²) in [6.45, 7) is 1.29. The van der Waals surface area contributed by atoms with Crippen LogP contribution in [-0.4, -0.2) is 28.3 Å². The quantitative estimate of drug-likeness (QED) is 0.402. The molecule has 3 rings (SSSR count). The van der Waals surface area contributed by atoms with E-state index in [4.69, 9.17) is 0 Å². The molecule has 0 amide bonds. The highest BCUT2D eigenvalue weighted by Gasteiger charge is 2.30.